The summed E-state index contributed by atoms with van der Waals surface area (Å²) in [5.74, 6) is -0.261. The van der Waals surface area contributed by atoms with Gasteiger partial charge in [0.2, 0.25) is 5.89 Å². The lowest BCUT2D eigenvalue weighted by molar-refractivity contribution is -0.140. The van der Waals surface area contributed by atoms with E-state index in [0.29, 0.717) is 50.7 Å². The molecule has 2 aliphatic rings. The van der Waals surface area contributed by atoms with Gasteiger partial charge in [-0.1, -0.05) is 0 Å². The molecule has 1 atom stereocenters. The number of ether oxygens (including phenoxy) is 2. The molecule has 0 spiro atoms. The fourth-order valence-electron chi connectivity index (χ4n) is 4.59. The molecular formula is C26H30N6O5. The minimum absolute atomic E-state index is 0.0699. The van der Waals surface area contributed by atoms with Crippen LogP contribution in [0.2, 0.25) is 0 Å². The molecule has 1 saturated heterocycles. The Morgan fingerprint density at radius 3 is 2.78 bits per heavy atom. The Labute approximate surface area is 214 Å². The van der Waals surface area contributed by atoms with Gasteiger partial charge in [0.15, 0.2) is 5.69 Å². The second-order valence-electron chi connectivity index (χ2n) is 9.05. The molecule has 0 saturated carbocycles. The molecule has 2 N–H and O–H groups in total. The first-order valence-electron chi connectivity index (χ1n) is 12.2. The second-order valence-corrected chi connectivity index (χ2v) is 9.05. The Balaban J connectivity index is 1.41. The third-order valence-corrected chi connectivity index (χ3v) is 6.61. The number of anilines is 4. The summed E-state index contributed by atoms with van der Waals surface area (Å²) >= 11 is 0. The van der Waals surface area contributed by atoms with Gasteiger partial charge in [0, 0.05) is 44.0 Å². The number of nitrogens with one attached hydrogen (secondary N) is 2. The van der Waals surface area contributed by atoms with Gasteiger partial charge in [-0.15, -0.1) is 0 Å². The van der Waals surface area contributed by atoms with Gasteiger partial charge >= 0.3 is 5.97 Å². The largest absolute Gasteiger partial charge is 0.469 e. The SMILES string of the molecule is COC(=O)CCC1Nc2cc(N3CCOCC3)c(NC(=O)c3coc(-c4ccnc(C)c4)n3)cc2N1C. The third-order valence-electron chi connectivity index (χ3n) is 6.61. The Kier molecular flexibility index (Phi) is 6.95. The van der Waals surface area contributed by atoms with E-state index in [2.05, 4.69) is 30.4 Å². The highest BCUT2D eigenvalue weighted by atomic mass is 16.5. The number of hydrogen-bond donors (Lipinski definition) is 2. The average molecular weight is 507 g/mol. The maximum Gasteiger partial charge on any atom is 0.305 e. The molecule has 5 rings (SSSR count). The van der Waals surface area contributed by atoms with Gasteiger partial charge in [0.1, 0.15) is 6.26 Å². The van der Waals surface area contributed by atoms with Crippen molar-refractivity contribution in [3.63, 3.8) is 0 Å². The number of aryl methyl sites for hydroxylation is 1. The number of fused-ring (bicyclic) bond motifs is 1. The Hall–Kier alpha value is -4.12. The van der Waals surface area contributed by atoms with Crippen LogP contribution in [-0.4, -0.2) is 68.5 Å². The summed E-state index contributed by atoms with van der Waals surface area (Å²) in [7, 11) is 3.35. The van der Waals surface area contributed by atoms with Crippen molar-refractivity contribution < 1.29 is 23.5 Å². The van der Waals surface area contributed by atoms with E-state index in [1.165, 1.54) is 13.4 Å². The molecule has 194 valence electrons. The van der Waals surface area contributed by atoms with Crippen molar-refractivity contribution in [1.82, 2.24) is 9.97 Å². The van der Waals surface area contributed by atoms with Crippen LogP contribution in [0.15, 0.2) is 41.1 Å². The molecule has 1 amide bonds. The number of hydrogen-bond acceptors (Lipinski definition) is 10. The highest BCUT2D eigenvalue weighted by Crippen LogP contribution is 2.42. The minimum atomic E-state index is -0.369. The summed E-state index contributed by atoms with van der Waals surface area (Å²) in [5, 5.41) is 6.54. The van der Waals surface area contributed by atoms with Crippen molar-refractivity contribution in [1.29, 1.82) is 0 Å². The lowest BCUT2D eigenvalue weighted by Crippen LogP contribution is -2.36. The Morgan fingerprint density at radius 1 is 1.22 bits per heavy atom. The molecule has 0 radical (unpaired) electrons. The van der Waals surface area contributed by atoms with Crippen molar-refractivity contribution in [2.75, 3.05) is 60.9 Å². The van der Waals surface area contributed by atoms with Crippen molar-refractivity contribution in [3.8, 4) is 11.5 Å². The quantitative estimate of drug-likeness (QED) is 0.462. The van der Waals surface area contributed by atoms with E-state index < -0.39 is 0 Å². The number of benzene rings is 1. The minimum Gasteiger partial charge on any atom is -0.469 e. The van der Waals surface area contributed by atoms with E-state index in [1.54, 1.807) is 12.3 Å². The summed E-state index contributed by atoms with van der Waals surface area (Å²) in [5.41, 5.74) is 5.18. The summed E-state index contributed by atoms with van der Waals surface area (Å²) in [6, 6.07) is 7.64. The second kappa shape index (κ2) is 10.5. The van der Waals surface area contributed by atoms with E-state index >= 15 is 0 Å². The molecule has 1 fully saturated rings. The highest BCUT2D eigenvalue weighted by molar-refractivity contribution is 6.06. The van der Waals surface area contributed by atoms with Crippen molar-refractivity contribution >= 4 is 34.6 Å². The zero-order valence-electron chi connectivity index (χ0n) is 21.1. The molecule has 4 heterocycles. The lowest BCUT2D eigenvalue weighted by Gasteiger charge is -2.31. The molecule has 11 heteroatoms. The van der Waals surface area contributed by atoms with Crippen molar-refractivity contribution in [2.24, 2.45) is 0 Å². The molecule has 0 bridgehead atoms. The van der Waals surface area contributed by atoms with Crippen LogP contribution in [0.25, 0.3) is 11.5 Å². The molecule has 1 aromatic carbocycles. The number of rotatable bonds is 7. The average Bonchev–Trinajstić information content (AvgIpc) is 3.53. The zero-order valence-corrected chi connectivity index (χ0v) is 21.1. The predicted octanol–water partition coefficient (Wildman–Crippen LogP) is 3.27. The van der Waals surface area contributed by atoms with Crippen LogP contribution in [0.3, 0.4) is 0 Å². The molecule has 2 aromatic heterocycles. The molecule has 0 aliphatic carbocycles. The van der Waals surface area contributed by atoms with Crippen LogP contribution in [0.4, 0.5) is 22.7 Å². The highest BCUT2D eigenvalue weighted by Gasteiger charge is 2.30. The van der Waals surface area contributed by atoms with E-state index in [1.807, 2.05) is 32.2 Å². The van der Waals surface area contributed by atoms with Gasteiger partial charge in [-0.3, -0.25) is 14.6 Å². The smallest absolute Gasteiger partial charge is 0.305 e. The van der Waals surface area contributed by atoms with Gasteiger partial charge in [-0.2, -0.15) is 0 Å². The normalized spacial score (nSPS) is 16.8. The predicted molar refractivity (Wildman–Crippen MR) is 139 cm³/mol. The van der Waals surface area contributed by atoms with E-state index in [4.69, 9.17) is 13.9 Å². The van der Waals surface area contributed by atoms with Gasteiger partial charge in [0.05, 0.1) is 49.2 Å². The number of oxazole rings is 1. The van der Waals surface area contributed by atoms with Crippen LogP contribution >= 0.6 is 0 Å². The summed E-state index contributed by atoms with van der Waals surface area (Å²) in [6.45, 7) is 4.51. The maximum atomic E-state index is 13.2. The van der Waals surface area contributed by atoms with E-state index in [0.717, 1.165) is 28.3 Å². The molecule has 37 heavy (non-hydrogen) atoms. The first-order valence-corrected chi connectivity index (χ1v) is 12.2. The van der Waals surface area contributed by atoms with Crippen LogP contribution in [0, 0.1) is 6.92 Å². The number of pyridine rings is 1. The van der Waals surface area contributed by atoms with Gasteiger partial charge in [-0.25, -0.2) is 4.98 Å². The Morgan fingerprint density at radius 2 is 2.03 bits per heavy atom. The number of carbonyl (C=O) groups is 2. The van der Waals surface area contributed by atoms with Crippen LogP contribution in [-0.2, 0) is 14.3 Å². The molecule has 1 unspecified atom stereocenters. The van der Waals surface area contributed by atoms with Gasteiger partial charge < -0.3 is 34.3 Å². The summed E-state index contributed by atoms with van der Waals surface area (Å²) in [4.78, 5) is 37.8. The number of morpholine rings is 1. The molecular weight excluding hydrogens is 476 g/mol. The number of methoxy groups -OCH3 is 1. The lowest BCUT2D eigenvalue weighted by atomic mass is 10.1. The summed E-state index contributed by atoms with van der Waals surface area (Å²) in [6.07, 6.45) is 3.86. The topological polar surface area (TPSA) is 122 Å². The molecule has 3 aromatic rings. The standard InChI is InChI=1S/C26H30N6O5/c1-16-12-17(6-7-27-16)26-30-20(15-37-26)25(34)29-19-13-21-18(14-22(19)32-8-10-36-11-9-32)28-23(31(21)2)4-5-24(33)35-3/h6-7,12-15,23,28H,4-5,8-11H2,1-3H3,(H,29,34). The first kappa shape index (κ1) is 24.6. The molecule has 11 nitrogen and oxygen atoms in total. The first-order chi connectivity index (χ1) is 17.9. The van der Waals surface area contributed by atoms with Crippen molar-refractivity contribution in [2.45, 2.75) is 25.9 Å². The van der Waals surface area contributed by atoms with Gasteiger partial charge in [-0.05, 0) is 37.6 Å². The van der Waals surface area contributed by atoms with E-state index in [9.17, 15) is 9.59 Å². The number of aromatic nitrogens is 2. The maximum absolute atomic E-state index is 13.2. The Bertz CT molecular complexity index is 1300. The zero-order chi connectivity index (χ0) is 25.9. The molecule has 2 aliphatic heterocycles. The monoisotopic (exact) mass is 506 g/mol. The van der Waals surface area contributed by atoms with Gasteiger partial charge in [0.25, 0.3) is 5.91 Å². The summed E-state index contributed by atoms with van der Waals surface area (Å²) < 4.78 is 15.9. The fourth-order valence-corrected chi connectivity index (χ4v) is 4.59. The van der Waals surface area contributed by atoms with Crippen molar-refractivity contribution in [3.05, 3.63) is 48.1 Å². The van der Waals surface area contributed by atoms with Crippen LogP contribution < -0.4 is 20.4 Å². The third kappa shape index (κ3) is 5.21. The van der Waals surface area contributed by atoms with Crippen LogP contribution in [0.1, 0.15) is 29.0 Å². The number of nitrogens with zero attached hydrogens (tertiary/aromatic N) is 4. The fraction of sp³-hybridized carbons (Fsp3) is 0.385. The van der Waals surface area contributed by atoms with E-state index in [-0.39, 0.29) is 23.7 Å². The van der Waals surface area contributed by atoms with Crippen LogP contribution in [0.5, 0.6) is 0 Å². The number of esters is 1. The number of carbonyl (C=O) groups excluding carboxylic acids is 2. The number of amides is 1.